The summed E-state index contributed by atoms with van der Waals surface area (Å²) < 4.78 is 0. The third kappa shape index (κ3) is 2.60. The molecule has 3 N–H and O–H groups in total. The number of nitrogens with zero attached hydrogens (tertiary/aromatic N) is 1. The summed E-state index contributed by atoms with van der Waals surface area (Å²) in [4.78, 5) is 2.56. The highest BCUT2D eigenvalue weighted by molar-refractivity contribution is 5.85. The Kier molecular flexibility index (Phi) is 3.81. The largest absolute Gasteiger partial charge is 0.324 e. The lowest BCUT2D eigenvalue weighted by molar-refractivity contribution is 0.209. The zero-order chi connectivity index (χ0) is 9.47. The highest BCUT2D eigenvalue weighted by Gasteiger charge is 2.38. The number of nitrogens with one attached hydrogen (secondary N) is 1. The average molecular weight is 220 g/mol. The summed E-state index contributed by atoms with van der Waals surface area (Å²) in [6.45, 7) is 8.89. The zero-order valence-corrected chi connectivity index (χ0v) is 9.94. The quantitative estimate of drug-likeness (QED) is 0.709. The van der Waals surface area contributed by atoms with Crippen molar-refractivity contribution in [2.24, 2.45) is 11.7 Å². The van der Waals surface area contributed by atoms with E-state index in [0.29, 0.717) is 0 Å². The summed E-state index contributed by atoms with van der Waals surface area (Å²) in [5, 5.41) is 3.46. The number of nitrogens with two attached hydrogens (primary N) is 1. The van der Waals surface area contributed by atoms with Crippen LogP contribution in [0.3, 0.4) is 0 Å². The first-order chi connectivity index (χ1) is 6.06. The van der Waals surface area contributed by atoms with Crippen LogP contribution in [0.2, 0.25) is 0 Å². The molecule has 14 heavy (non-hydrogen) atoms. The summed E-state index contributed by atoms with van der Waals surface area (Å²) in [7, 11) is 0. The fraction of sp³-hybridized carbons (Fsp3) is 1.00. The number of likely N-dealkylation sites (tertiary alicyclic amines) is 1. The molecule has 0 aromatic heterocycles. The van der Waals surface area contributed by atoms with E-state index in [9.17, 15) is 0 Å². The van der Waals surface area contributed by atoms with Gasteiger partial charge >= 0.3 is 0 Å². The molecule has 0 saturated carbocycles. The predicted molar refractivity (Wildman–Crippen MR) is 61.9 cm³/mol. The van der Waals surface area contributed by atoms with Gasteiger partial charge in [-0.3, -0.25) is 4.90 Å². The van der Waals surface area contributed by atoms with Crippen LogP contribution in [0.1, 0.15) is 20.3 Å². The molecule has 4 heteroatoms. The maximum absolute atomic E-state index is 6.04. The van der Waals surface area contributed by atoms with Gasteiger partial charge in [-0.1, -0.05) is 0 Å². The fourth-order valence-electron chi connectivity index (χ4n) is 2.66. The van der Waals surface area contributed by atoms with Gasteiger partial charge < -0.3 is 11.1 Å². The van der Waals surface area contributed by atoms with Crippen LogP contribution in [0, 0.1) is 5.92 Å². The van der Waals surface area contributed by atoms with Crippen LogP contribution < -0.4 is 11.1 Å². The van der Waals surface area contributed by atoms with Crippen molar-refractivity contribution in [2.45, 2.75) is 31.8 Å². The molecule has 2 aliphatic rings. The standard InChI is InChI=1S/C10H21N3.ClH/c1-10(2,11)7-13-4-3-8-5-12-6-9(8)13;/h8-9,12H,3-7,11H2,1-2H3;1H/t8-,9+;/m0./s1. The zero-order valence-electron chi connectivity index (χ0n) is 9.12. The minimum Gasteiger partial charge on any atom is -0.324 e. The van der Waals surface area contributed by atoms with E-state index in [0.717, 1.165) is 18.5 Å². The van der Waals surface area contributed by atoms with Gasteiger partial charge in [0, 0.05) is 24.7 Å². The normalized spacial score (nSPS) is 32.8. The summed E-state index contributed by atoms with van der Waals surface area (Å²) in [5.74, 6) is 0.891. The molecule has 2 heterocycles. The monoisotopic (exact) mass is 219 g/mol. The van der Waals surface area contributed by atoms with Crippen molar-refractivity contribution in [3.63, 3.8) is 0 Å². The number of fused-ring (bicyclic) bond motifs is 1. The highest BCUT2D eigenvalue weighted by atomic mass is 35.5. The van der Waals surface area contributed by atoms with E-state index in [-0.39, 0.29) is 17.9 Å². The lowest BCUT2D eigenvalue weighted by atomic mass is 10.0. The summed E-state index contributed by atoms with van der Waals surface area (Å²) in [6.07, 6.45) is 1.35. The first-order valence-electron chi connectivity index (χ1n) is 5.30. The van der Waals surface area contributed by atoms with Gasteiger partial charge in [-0.05, 0) is 39.3 Å². The maximum atomic E-state index is 6.04. The van der Waals surface area contributed by atoms with E-state index in [1.165, 1.54) is 26.1 Å². The number of hydrogen-bond donors (Lipinski definition) is 2. The fourth-order valence-corrected chi connectivity index (χ4v) is 2.66. The molecule has 0 aromatic carbocycles. The van der Waals surface area contributed by atoms with Crippen LogP contribution in [0.25, 0.3) is 0 Å². The van der Waals surface area contributed by atoms with Gasteiger partial charge in [-0.2, -0.15) is 0 Å². The molecule has 0 radical (unpaired) electrons. The Bertz CT molecular complexity index is 190. The smallest absolute Gasteiger partial charge is 0.0262 e. The molecule has 2 rings (SSSR count). The van der Waals surface area contributed by atoms with E-state index in [1.807, 2.05) is 0 Å². The second-order valence-electron chi connectivity index (χ2n) is 5.23. The molecular weight excluding hydrogens is 198 g/mol. The van der Waals surface area contributed by atoms with Crippen LogP contribution in [0.15, 0.2) is 0 Å². The van der Waals surface area contributed by atoms with Gasteiger partial charge in [-0.15, -0.1) is 12.4 Å². The second-order valence-corrected chi connectivity index (χ2v) is 5.23. The van der Waals surface area contributed by atoms with Crippen molar-refractivity contribution in [2.75, 3.05) is 26.2 Å². The Labute approximate surface area is 92.8 Å². The summed E-state index contributed by atoms with van der Waals surface area (Å²) in [5.41, 5.74) is 5.99. The van der Waals surface area contributed by atoms with Gasteiger partial charge in [0.05, 0.1) is 0 Å². The van der Waals surface area contributed by atoms with Crippen LogP contribution in [-0.2, 0) is 0 Å². The van der Waals surface area contributed by atoms with Crippen molar-refractivity contribution in [3.8, 4) is 0 Å². The van der Waals surface area contributed by atoms with Crippen LogP contribution in [-0.4, -0.2) is 42.7 Å². The van der Waals surface area contributed by atoms with Gasteiger partial charge in [0.1, 0.15) is 0 Å². The molecule has 3 nitrogen and oxygen atoms in total. The van der Waals surface area contributed by atoms with Crippen LogP contribution in [0.5, 0.6) is 0 Å². The van der Waals surface area contributed by atoms with E-state index in [1.54, 1.807) is 0 Å². The summed E-state index contributed by atoms with van der Waals surface area (Å²) in [6, 6.07) is 0.767. The minimum absolute atomic E-state index is 0. The topological polar surface area (TPSA) is 41.3 Å². The van der Waals surface area contributed by atoms with E-state index < -0.39 is 0 Å². The van der Waals surface area contributed by atoms with E-state index >= 15 is 0 Å². The van der Waals surface area contributed by atoms with Crippen molar-refractivity contribution in [3.05, 3.63) is 0 Å². The van der Waals surface area contributed by atoms with Crippen molar-refractivity contribution < 1.29 is 0 Å². The SMILES string of the molecule is CC(C)(N)CN1CC[C@H]2CNC[C@H]21.Cl. The molecule has 0 aliphatic carbocycles. The Morgan fingerprint density at radius 2 is 2.14 bits per heavy atom. The first-order valence-corrected chi connectivity index (χ1v) is 5.30. The lowest BCUT2D eigenvalue weighted by Crippen LogP contribution is -2.48. The van der Waals surface area contributed by atoms with Crippen molar-refractivity contribution in [1.82, 2.24) is 10.2 Å². The molecule has 2 saturated heterocycles. The molecule has 0 spiro atoms. The lowest BCUT2D eigenvalue weighted by Gasteiger charge is -2.30. The molecule has 84 valence electrons. The highest BCUT2D eigenvalue weighted by Crippen LogP contribution is 2.27. The molecule has 2 fully saturated rings. The molecule has 0 aromatic rings. The Morgan fingerprint density at radius 3 is 2.79 bits per heavy atom. The Balaban J connectivity index is 0.000000980. The summed E-state index contributed by atoms with van der Waals surface area (Å²) >= 11 is 0. The second kappa shape index (κ2) is 4.35. The molecule has 0 bridgehead atoms. The van der Waals surface area contributed by atoms with Gasteiger partial charge in [0.15, 0.2) is 0 Å². The molecular formula is C10H22ClN3. The molecule has 0 unspecified atom stereocenters. The third-order valence-electron chi connectivity index (χ3n) is 3.17. The van der Waals surface area contributed by atoms with Gasteiger partial charge in [-0.25, -0.2) is 0 Å². The number of halogens is 1. The third-order valence-corrected chi connectivity index (χ3v) is 3.17. The first kappa shape index (κ1) is 12.2. The Hall–Kier alpha value is 0.170. The van der Waals surface area contributed by atoms with Crippen LogP contribution >= 0.6 is 12.4 Å². The van der Waals surface area contributed by atoms with Gasteiger partial charge in [0.25, 0.3) is 0 Å². The van der Waals surface area contributed by atoms with Crippen molar-refractivity contribution in [1.29, 1.82) is 0 Å². The van der Waals surface area contributed by atoms with Crippen molar-refractivity contribution >= 4 is 12.4 Å². The van der Waals surface area contributed by atoms with Gasteiger partial charge in [0.2, 0.25) is 0 Å². The number of hydrogen-bond acceptors (Lipinski definition) is 3. The maximum Gasteiger partial charge on any atom is 0.0262 e. The number of rotatable bonds is 2. The van der Waals surface area contributed by atoms with E-state index in [2.05, 4.69) is 24.1 Å². The molecule has 2 aliphatic heterocycles. The molecule has 0 amide bonds. The molecule has 2 atom stereocenters. The minimum atomic E-state index is -0.0442. The van der Waals surface area contributed by atoms with Crippen LogP contribution in [0.4, 0.5) is 0 Å². The average Bonchev–Trinajstić information content (AvgIpc) is 2.50. The van der Waals surface area contributed by atoms with E-state index in [4.69, 9.17) is 5.73 Å². The predicted octanol–water partition coefficient (Wildman–Crippen LogP) is 0.439. The Morgan fingerprint density at radius 1 is 1.43 bits per heavy atom.